The van der Waals surface area contributed by atoms with Gasteiger partial charge in [0.2, 0.25) is 0 Å². The van der Waals surface area contributed by atoms with Crippen LogP contribution in [0.2, 0.25) is 0 Å². The van der Waals surface area contributed by atoms with Crippen molar-refractivity contribution in [3.8, 4) is 0 Å². The van der Waals surface area contributed by atoms with E-state index in [1.807, 2.05) is 0 Å². The molecule has 1 aliphatic carbocycles. The van der Waals surface area contributed by atoms with Gasteiger partial charge in [0.1, 0.15) is 30.5 Å². The Morgan fingerprint density at radius 1 is 0.698 bits per heavy atom. The lowest BCUT2D eigenvalue weighted by atomic mass is 9.77. The van der Waals surface area contributed by atoms with Crippen LogP contribution in [-0.2, 0) is 28.4 Å². The molecular weight excluding hydrogens is 568 g/mol. The first-order valence-electron chi connectivity index (χ1n) is 15.5. The fraction of sp³-hybridized carbons (Fsp3) is 1.00. The number of hydrogen-bond acceptors (Lipinski definition) is 16. The molecule has 3 heterocycles. The molecule has 4 fully saturated rings. The normalized spacial score (nSPS) is 46.6. The van der Waals surface area contributed by atoms with Gasteiger partial charge in [-0.3, -0.25) is 0 Å². The van der Waals surface area contributed by atoms with Crippen LogP contribution in [0.1, 0.15) is 44.9 Å². The smallest absolute Gasteiger partial charge is 0.187 e. The molecule has 16 atom stereocenters. The van der Waals surface area contributed by atoms with Gasteiger partial charge < -0.3 is 83.2 Å². The highest BCUT2D eigenvalue weighted by molar-refractivity contribution is 4.99. The van der Waals surface area contributed by atoms with Crippen LogP contribution in [0.15, 0.2) is 0 Å². The first-order valence-corrected chi connectivity index (χ1v) is 15.5. The zero-order chi connectivity index (χ0) is 31.3. The summed E-state index contributed by atoms with van der Waals surface area (Å²) in [6.07, 6.45) is -7.03. The summed E-state index contributed by atoms with van der Waals surface area (Å²) in [5, 5.41) is 43.0. The number of rotatable bonds is 13. The van der Waals surface area contributed by atoms with Crippen molar-refractivity contribution >= 4 is 0 Å². The molecule has 0 amide bonds. The third-order valence-corrected chi connectivity index (χ3v) is 9.15. The van der Waals surface area contributed by atoms with Crippen LogP contribution in [0.25, 0.3) is 0 Å². The predicted octanol–water partition coefficient (Wildman–Crippen LogP) is -4.39. The second-order valence-electron chi connectivity index (χ2n) is 12.3. The van der Waals surface area contributed by atoms with E-state index in [2.05, 4.69) is 0 Å². The number of hydrogen-bond donors (Lipinski definition) is 10. The fourth-order valence-corrected chi connectivity index (χ4v) is 6.43. The van der Waals surface area contributed by atoms with Gasteiger partial charge in [-0.15, -0.1) is 0 Å². The van der Waals surface area contributed by atoms with Crippen molar-refractivity contribution in [1.82, 2.24) is 0 Å². The zero-order valence-electron chi connectivity index (χ0n) is 24.7. The minimum absolute atomic E-state index is 0.0895. The molecule has 16 heteroatoms. The van der Waals surface area contributed by atoms with Crippen LogP contribution < -0.4 is 34.4 Å². The molecule has 0 spiro atoms. The third kappa shape index (κ3) is 8.59. The van der Waals surface area contributed by atoms with E-state index in [4.69, 9.17) is 62.8 Å². The molecule has 0 aromatic carbocycles. The van der Waals surface area contributed by atoms with E-state index in [-0.39, 0.29) is 31.2 Å². The first-order chi connectivity index (χ1) is 20.6. The molecule has 4 rings (SSSR count). The van der Waals surface area contributed by atoms with Gasteiger partial charge in [-0.1, -0.05) is 0 Å². The van der Waals surface area contributed by atoms with E-state index in [0.717, 1.165) is 0 Å². The second-order valence-corrected chi connectivity index (χ2v) is 12.3. The Morgan fingerprint density at radius 3 is 1.79 bits per heavy atom. The Kier molecular flexibility index (Phi) is 13.3. The molecule has 3 saturated heterocycles. The van der Waals surface area contributed by atoms with Crippen molar-refractivity contribution in [2.75, 3.05) is 26.2 Å². The van der Waals surface area contributed by atoms with E-state index >= 15 is 0 Å². The van der Waals surface area contributed by atoms with Crippen LogP contribution in [0, 0.1) is 5.92 Å². The molecule has 1 unspecified atom stereocenters. The Balaban J connectivity index is 1.51. The summed E-state index contributed by atoms with van der Waals surface area (Å²) in [5.74, 6) is -0.375. The Hall–Kier alpha value is -0.640. The number of ether oxygens (including phenoxy) is 6. The molecule has 4 aliphatic rings. The van der Waals surface area contributed by atoms with Gasteiger partial charge in [0.05, 0.1) is 43.1 Å². The Labute approximate surface area is 252 Å². The zero-order valence-corrected chi connectivity index (χ0v) is 24.7. The maximum atomic E-state index is 11.6. The van der Waals surface area contributed by atoms with E-state index in [0.29, 0.717) is 51.5 Å². The van der Waals surface area contributed by atoms with E-state index in [9.17, 15) is 20.4 Å². The molecule has 0 bridgehead atoms. The van der Waals surface area contributed by atoms with E-state index in [1.54, 1.807) is 0 Å². The van der Waals surface area contributed by atoms with Crippen molar-refractivity contribution in [1.29, 1.82) is 0 Å². The Bertz CT molecular complexity index is 839. The van der Waals surface area contributed by atoms with Crippen molar-refractivity contribution < 1.29 is 48.8 Å². The van der Waals surface area contributed by atoms with Crippen LogP contribution in [0.3, 0.4) is 0 Å². The SMILES string of the molecule is NCC(O)CC[C@@H]1C[C@H](N)[C@@H](O[C@H]2O[C@H](CN)CC[C@H]2N)[C@H](O[C@@H]2O[C@H](CO)[C@@H](O[C@H]3O[C@@H](CN)CC[C@H]3N)[C@H]2O)[C@H]1O. The largest absolute Gasteiger partial charge is 0.394 e. The summed E-state index contributed by atoms with van der Waals surface area (Å²) in [5.41, 5.74) is 36.3. The minimum atomic E-state index is -1.38. The highest BCUT2D eigenvalue weighted by Crippen LogP contribution is 2.37. The molecule has 16 nitrogen and oxygen atoms in total. The lowest BCUT2D eigenvalue weighted by Gasteiger charge is -2.46. The van der Waals surface area contributed by atoms with Gasteiger partial charge in [-0.2, -0.15) is 0 Å². The first kappa shape index (κ1) is 35.2. The van der Waals surface area contributed by atoms with Gasteiger partial charge in [-0.05, 0) is 50.9 Å². The average Bonchev–Trinajstić information content (AvgIpc) is 3.30. The molecule has 16 N–H and O–H groups in total. The van der Waals surface area contributed by atoms with E-state index in [1.165, 1.54) is 0 Å². The lowest BCUT2D eigenvalue weighted by Crippen LogP contribution is -2.62. The van der Waals surface area contributed by atoms with Crippen LogP contribution in [0.5, 0.6) is 0 Å². The van der Waals surface area contributed by atoms with Crippen molar-refractivity contribution in [3.05, 3.63) is 0 Å². The van der Waals surface area contributed by atoms with Gasteiger partial charge in [0, 0.05) is 25.7 Å². The predicted molar refractivity (Wildman–Crippen MR) is 153 cm³/mol. The molecule has 252 valence electrons. The maximum absolute atomic E-state index is 11.6. The number of aliphatic hydroxyl groups is 4. The third-order valence-electron chi connectivity index (χ3n) is 9.15. The van der Waals surface area contributed by atoms with Crippen molar-refractivity contribution in [3.63, 3.8) is 0 Å². The quantitative estimate of drug-likeness (QED) is 0.0927. The summed E-state index contributed by atoms with van der Waals surface area (Å²) >= 11 is 0. The van der Waals surface area contributed by atoms with Gasteiger partial charge >= 0.3 is 0 Å². The summed E-state index contributed by atoms with van der Waals surface area (Å²) in [6, 6.07) is -1.54. The standard InChI is InChI=1S/C27H54N6O10/c28-8-13(35)2-1-12-7-18(33)22(41-25-16(31)5-3-14(9-29)38-25)24(20(12)36)43-27-21(37)23(19(11-34)40-27)42-26-17(32)6-4-15(10-30)39-26/h12-27,34-37H,1-11,28-33H2/t12-,13?,14+,15-,16-,17-,18+,19-,20+,21-,22-,23-,24-,25-,26-,27+/m1/s1. The van der Waals surface area contributed by atoms with Gasteiger partial charge in [0.25, 0.3) is 0 Å². The number of aliphatic hydroxyl groups excluding tert-OH is 4. The summed E-state index contributed by atoms with van der Waals surface area (Å²) in [6.45, 7) is 0.188. The fourth-order valence-electron chi connectivity index (χ4n) is 6.43. The maximum Gasteiger partial charge on any atom is 0.187 e. The lowest BCUT2D eigenvalue weighted by molar-refractivity contribution is -0.291. The monoisotopic (exact) mass is 622 g/mol. The van der Waals surface area contributed by atoms with Crippen LogP contribution in [0.4, 0.5) is 0 Å². The van der Waals surface area contributed by atoms with Crippen molar-refractivity contribution in [2.45, 2.75) is 137 Å². The van der Waals surface area contributed by atoms with Crippen LogP contribution >= 0.6 is 0 Å². The van der Waals surface area contributed by atoms with Crippen molar-refractivity contribution in [2.24, 2.45) is 40.3 Å². The molecule has 0 radical (unpaired) electrons. The highest BCUT2D eigenvalue weighted by atomic mass is 16.8. The summed E-state index contributed by atoms with van der Waals surface area (Å²) < 4.78 is 36.3. The summed E-state index contributed by atoms with van der Waals surface area (Å²) in [4.78, 5) is 0. The van der Waals surface area contributed by atoms with E-state index < -0.39 is 86.3 Å². The summed E-state index contributed by atoms with van der Waals surface area (Å²) in [7, 11) is 0. The minimum Gasteiger partial charge on any atom is -0.394 e. The molecule has 3 aliphatic heterocycles. The second kappa shape index (κ2) is 16.3. The molecule has 43 heavy (non-hydrogen) atoms. The van der Waals surface area contributed by atoms with Gasteiger partial charge in [-0.25, -0.2) is 0 Å². The topological polar surface area (TPSA) is 292 Å². The average molecular weight is 623 g/mol. The Morgan fingerprint density at radius 2 is 1.26 bits per heavy atom. The molecular formula is C27H54N6O10. The molecule has 0 aromatic rings. The number of nitrogens with two attached hydrogens (primary N) is 6. The molecule has 0 aromatic heterocycles. The highest BCUT2D eigenvalue weighted by Gasteiger charge is 2.52. The molecule has 1 saturated carbocycles. The van der Waals surface area contributed by atoms with Gasteiger partial charge in [0.15, 0.2) is 18.9 Å². The van der Waals surface area contributed by atoms with Crippen LogP contribution in [-0.4, -0.2) is 139 Å².